The van der Waals surface area contributed by atoms with Crippen molar-refractivity contribution in [2.24, 2.45) is 0 Å². The molecule has 3 rings (SSSR count). The van der Waals surface area contributed by atoms with Crippen LogP contribution in [0.2, 0.25) is 0 Å². The van der Waals surface area contributed by atoms with Crippen LogP contribution in [0.15, 0.2) is 47.4 Å². The maximum Gasteiger partial charge on any atom is 0.241 e. The Hall–Kier alpha value is -2.38. The van der Waals surface area contributed by atoms with Crippen molar-refractivity contribution in [3.8, 4) is 5.75 Å². The van der Waals surface area contributed by atoms with E-state index in [-0.39, 0.29) is 16.2 Å². The van der Waals surface area contributed by atoms with Crippen LogP contribution in [-0.2, 0) is 20.2 Å². The second kappa shape index (κ2) is 8.40. The fourth-order valence-electron chi connectivity index (χ4n) is 3.59. The van der Waals surface area contributed by atoms with E-state index in [0.717, 1.165) is 12.0 Å². The largest absolute Gasteiger partial charge is 0.495 e. The number of benzene rings is 2. The van der Waals surface area contributed by atoms with E-state index < -0.39 is 16.1 Å². The molecule has 1 aliphatic rings. The maximum atomic E-state index is 13.0. The van der Waals surface area contributed by atoms with E-state index in [9.17, 15) is 13.2 Å². The molecule has 6 nitrogen and oxygen atoms in total. The minimum absolute atomic E-state index is 0.0249. The Kier molecular flexibility index (Phi) is 6.24. The van der Waals surface area contributed by atoms with Gasteiger partial charge in [-0.1, -0.05) is 45.0 Å². The molecule has 1 atom stereocenters. The second-order valence-corrected chi connectivity index (χ2v) is 10.4. The van der Waals surface area contributed by atoms with Crippen molar-refractivity contribution < 1.29 is 17.9 Å². The molecule has 0 aliphatic carbocycles. The smallest absolute Gasteiger partial charge is 0.241 e. The van der Waals surface area contributed by atoms with Gasteiger partial charge in [-0.05, 0) is 48.1 Å². The van der Waals surface area contributed by atoms with Gasteiger partial charge in [0.2, 0.25) is 15.9 Å². The lowest BCUT2D eigenvalue weighted by Gasteiger charge is -2.22. The van der Waals surface area contributed by atoms with Crippen molar-refractivity contribution in [2.75, 3.05) is 18.6 Å². The zero-order valence-corrected chi connectivity index (χ0v) is 19.0. The molecule has 1 saturated heterocycles. The summed E-state index contributed by atoms with van der Waals surface area (Å²) in [5.74, 6) is 0.457. The quantitative estimate of drug-likeness (QED) is 0.747. The normalized spacial score (nSPS) is 16.0. The summed E-state index contributed by atoms with van der Waals surface area (Å²) in [5.41, 5.74) is 2.60. The van der Waals surface area contributed by atoms with Crippen LogP contribution in [0.25, 0.3) is 0 Å². The highest BCUT2D eigenvalue weighted by Crippen LogP contribution is 2.34. The Morgan fingerprint density at radius 2 is 1.77 bits per heavy atom. The Bertz CT molecular complexity index is 1020. The molecule has 0 radical (unpaired) electrons. The van der Waals surface area contributed by atoms with Gasteiger partial charge in [0, 0.05) is 19.0 Å². The molecule has 1 N–H and O–H groups in total. The lowest BCUT2D eigenvalue weighted by molar-refractivity contribution is -0.117. The third-order valence-electron chi connectivity index (χ3n) is 5.43. The summed E-state index contributed by atoms with van der Waals surface area (Å²) in [4.78, 5) is 13.9. The van der Waals surface area contributed by atoms with E-state index in [4.69, 9.17) is 4.74 Å². The number of hydrogen-bond donors (Lipinski definition) is 1. The zero-order chi connectivity index (χ0) is 22.1. The Morgan fingerprint density at radius 3 is 2.30 bits per heavy atom. The van der Waals surface area contributed by atoms with Gasteiger partial charge < -0.3 is 9.64 Å². The van der Waals surface area contributed by atoms with Gasteiger partial charge in [-0.2, -0.15) is 0 Å². The summed E-state index contributed by atoms with van der Waals surface area (Å²) in [6.07, 6.45) is 1.21. The Morgan fingerprint density at radius 1 is 1.10 bits per heavy atom. The van der Waals surface area contributed by atoms with E-state index in [1.165, 1.54) is 24.8 Å². The van der Waals surface area contributed by atoms with E-state index in [1.54, 1.807) is 11.0 Å². The third-order valence-corrected chi connectivity index (χ3v) is 6.97. The molecule has 30 heavy (non-hydrogen) atoms. The van der Waals surface area contributed by atoms with Crippen molar-refractivity contribution in [3.63, 3.8) is 0 Å². The molecule has 0 aromatic heterocycles. The van der Waals surface area contributed by atoms with Gasteiger partial charge in [-0.25, -0.2) is 13.1 Å². The van der Waals surface area contributed by atoms with Crippen molar-refractivity contribution in [3.05, 3.63) is 53.6 Å². The molecular formula is C23H30N2O4S. The summed E-state index contributed by atoms with van der Waals surface area (Å²) in [5, 5.41) is 0. The predicted octanol–water partition coefficient (Wildman–Crippen LogP) is 4.16. The summed E-state index contributed by atoms with van der Waals surface area (Å²) < 4.78 is 34.2. The molecule has 0 bridgehead atoms. The number of nitrogens with one attached hydrogen (secondary N) is 1. The minimum Gasteiger partial charge on any atom is -0.495 e. The van der Waals surface area contributed by atoms with Gasteiger partial charge in [0.15, 0.2) is 0 Å². The molecule has 1 fully saturated rings. The SMILES string of the molecule is COc1ccc(S(=O)(=O)N[C@@H](C)c2ccc(C(C)(C)C)cc2)cc1N1CCCC1=O. The van der Waals surface area contributed by atoms with E-state index in [1.807, 2.05) is 31.2 Å². The van der Waals surface area contributed by atoms with Gasteiger partial charge in [-0.3, -0.25) is 4.79 Å². The number of nitrogens with zero attached hydrogens (tertiary/aromatic N) is 1. The van der Waals surface area contributed by atoms with Gasteiger partial charge in [0.25, 0.3) is 0 Å². The van der Waals surface area contributed by atoms with Crippen molar-refractivity contribution >= 4 is 21.6 Å². The minimum atomic E-state index is -3.78. The molecule has 0 saturated carbocycles. The van der Waals surface area contributed by atoms with Crippen LogP contribution in [0.3, 0.4) is 0 Å². The Labute approximate surface area is 179 Å². The number of ether oxygens (including phenoxy) is 1. The monoisotopic (exact) mass is 430 g/mol. The van der Waals surface area contributed by atoms with Gasteiger partial charge in [0.05, 0.1) is 17.7 Å². The number of carbonyl (C=O) groups is 1. The number of carbonyl (C=O) groups excluding carboxylic acids is 1. The molecule has 1 amide bonds. The number of rotatable bonds is 6. The average Bonchev–Trinajstić information content (AvgIpc) is 3.12. The highest BCUT2D eigenvalue weighted by molar-refractivity contribution is 7.89. The molecule has 2 aromatic carbocycles. The molecule has 1 aliphatic heterocycles. The number of methoxy groups -OCH3 is 1. The third kappa shape index (κ3) is 4.68. The van der Waals surface area contributed by atoms with E-state index in [0.29, 0.717) is 24.4 Å². The van der Waals surface area contributed by atoms with Crippen LogP contribution in [0, 0.1) is 0 Å². The highest BCUT2D eigenvalue weighted by Gasteiger charge is 2.27. The summed E-state index contributed by atoms with van der Waals surface area (Å²) in [6, 6.07) is 12.2. The number of anilines is 1. The summed E-state index contributed by atoms with van der Waals surface area (Å²) in [6.45, 7) is 8.79. The molecule has 0 unspecified atom stereocenters. The Balaban J connectivity index is 1.85. The molecular weight excluding hydrogens is 400 g/mol. The first-order valence-corrected chi connectivity index (χ1v) is 11.6. The van der Waals surface area contributed by atoms with Crippen molar-refractivity contribution in [1.29, 1.82) is 0 Å². The summed E-state index contributed by atoms with van der Waals surface area (Å²) in [7, 11) is -2.28. The van der Waals surface area contributed by atoms with Crippen LogP contribution >= 0.6 is 0 Å². The van der Waals surface area contributed by atoms with Crippen LogP contribution in [0.4, 0.5) is 5.69 Å². The van der Waals surface area contributed by atoms with E-state index >= 15 is 0 Å². The van der Waals surface area contributed by atoms with Crippen molar-refractivity contribution in [2.45, 2.75) is 56.9 Å². The lowest BCUT2D eigenvalue weighted by Crippen LogP contribution is -2.28. The van der Waals surface area contributed by atoms with E-state index in [2.05, 4.69) is 25.5 Å². The molecule has 7 heteroatoms. The predicted molar refractivity (Wildman–Crippen MR) is 118 cm³/mol. The van der Waals surface area contributed by atoms with Crippen LogP contribution < -0.4 is 14.4 Å². The molecule has 162 valence electrons. The fraction of sp³-hybridized carbons (Fsp3) is 0.435. The summed E-state index contributed by atoms with van der Waals surface area (Å²) >= 11 is 0. The molecule has 0 spiro atoms. The van der Waals surface area contributed by atoms with Gasteiger partial charge >= 0.3 is 0 Å². The highest BCUT2D eigenvalue weighted by atomic mass is 32.2. The number of amides is 1. The van der Waals surface area contributed by atoms with Crippen LogP contribution in [0.1, 0.15) is 57.7 Å². The maximum absolute atomic E-state index is 13.0. The lowest BCUT2D eigenvalue weighted by atomic mass is 9.86. The van der Waals surface area contributed by atoms with Crippen LogP contribution in [0.5, 0.6) is 5.75 Å². The standard InChI is InChI=1S/C23H30N2O4S/c1-16(17-8-10-18(11-9-17)23(2,3)4)24-30(27,28)19-12-13-21(29-5)20(15-19)25-14-6-7-22(25)26/h8-13,15-16,24H,6-7,14H2,1-5H3/t16-/m0/s1. The molecule has 2 aromatic rings. The van der Waals surface area contributed by atoms with Gasteiger partial charge in [-0.15, -0.1) is 0 Å². The second-order valence-electron chi connectivity index (χ2n) is 8.70. The molecule has 1 heterocycles. The van der Waals surface area contributed by atoms with Gasteiger partial charge in [0.1, 0.15) is 5.75 Å². The van der Waals surface area contributed by atoms with Crippen LogP contribution in [-0.4, -0.2) is 28.0 Å². The number of sulfonamides is 1. The van der Waals surface area contributed by atoms with Crippen molar-refractivity contribution in [1.82, 2.24) is 4.72 Å². The fourth-order valence-corrected chi connectivity index (χ4v) is 4.84. The topological polar surface area (TPSA) is 75.7 Å². The zero-order valence-electron chi connectivity index (χ0n) is 18.2. The first-order valence-electron chi connectivity index (χ1n) is 10.1. The first kappa shape index (κ1) is 22.3. The first-order chi connectivity index (χ1) is 14.0. The number of hydrogen-bond acceptors (Lipinski definition) is 4. The average molecular weight is 431 g/mol.